The molecule has 0 heterocycles. The number of halogens is 7. The molecule has 9 heteroatoms. The van der Waals surface area contributed by atoms with Gasteiger partial charge >= 0.3 is 12.4 Å². The molecule has 1 fully saturated rings. The fourth-order valence-corrected chi connectivity index (χ4v) is 3.09. The lowest BCUT2D eigenvalue weighted by Gasteiger charge is -2.27. The van der Waals surface area contributed by atoms with Gasteiger partial charge in [0.15, 0.2) is 0 Å². The molecule has 20 heavy (non-hydrogen) atoms. The topological polar surface area (TPSA) is 29.1 Å². The van der Waals surface area contributed by atoms with E-state index < -0.39 is 24.2 Å². The highest BCUT2D eigenvalue weighted by Gasteiger charge is 2.61. The van der Waals surface area contributed by atoms with E-state index in [2.05, 4.69) is 15.9 Å². The molecule has 0 bridgehead atoms. The summed E-state index contributed by atoms with van der Waals surface area (Å²) in [6.07, 6.45) is -8.20. The van der Waals surface area contributed by atoms with Crippen molar-refractivity contribution < 1.29 is 31.1 Å². The molecule has 1 aliphatic carbocycles. The van der Waals surface area contributed by atoms with E-state index in [1.807, 2.05) is 0 Å². The van der Waals surface area contributed by atoms with Crippen LogP contribution in [-0.2, 0) is 4.79 Å². The van der Waals surface area contributed by atoms with E-state index in [9.17, 15) is 31.1 Å². The Morgan fingerprint density at radius 2 is 1.70 bits per heavy atom. The minimum Gasteiger partial charge on any atom is -0.355 e. The zero-order chi connectivity index (χ0) is 15.6. The summed E-state index contributed by atoms with van der Waals surface area (Å²) in [5, 5.41) is 1.79. The zero-order valence-corrected chi connectivity index (χ0v) is 11.9. The normalized spacial score (nSPS) is 24.8. The van der Waals surface area contributed by atoms with Gasteiger partial charge in [0.2, 0.25) is 11.8 Å². The molecule has 2 atom stereocenters. The van der Waals surface area contributed by atoms with E-state index in [1.165, 1.54) is 0 Å². The molecule has 0 radical (unpaired) electrons. The Labute approximate surface area is 120 Å². The number of carbonyl (C=O) groups is 1. The average molecular weight is 370 g/mol. The van der Waals surface area contributed by atoms with Crippen LogP contribution in [0.15, 0.2) is 0 Å². The van der Waals surface area contributed by atoms with Gasteiger partial charge in [-0.25, -0.2) is 0 Å². The second-order valence-electron chi connectivity index (χ2n) is 4.89. The molecule has 0 aliphatic heterocycles. The summed E-state index contributed by atoms with van der Waals surface area (Å²) < 4.78 is 73.8. The predicted octanol–water partition coefficient (Wildman–Crippen LogP) is 3.80. The third kappa shape index (κ3) is 5.14. The van der Waals surface area contributed by atoms with Gasteiger partial charge in [-0.2, -0.15) is 26.3 Å². The Balaban J connectivity index is 2.59. The fraction of sp³-hybridized carbons (Fsp3) is 0.909. The Bertz CT molecular complexity index is 329. The van der Waals surface area contributed by atoms with Crippen molar-refractivity contribution in [1.29, 1.82) is 0 Å². The van der Waals surface area contributed by atoms with Crippen molar-refractivity contribution in [2.45, 2.75) is 42.9 Å². The molecule has 1 aliphatic rings. The molecule has 2 nitrogen and oxygen atoms in total. The lowest BCUT2D eigenvalue weighted by Crippen LogP contribution is -2.49. The van der Waals surface area contributed by atoms with Crippen LogP contribution in [-0.4, -0.2) is 29.6 Å². The third-order valence-electron chi connectivity index (χ3n) is 3.20. The number of carbonyl (C=O) groups excluding carboxylic acids is 1. The van der Waals surface area contributed by atoms with Crippen LogP contribution < -0.4 is 5.32 Å². The second kappa shape index (κ2) is 6.53. The number of alkyl halides is 7. The predicted molar refractivity (Wildman–Crippen MR) is 63.3 cm³/mol. The van der Waals surface area contributed by atoms with Gasteiger partial charge in [-0.1, -0.05) is 22.4 Å². The Kier molecular flexibility index (Phi) is 5.74. The van der Waals surface area contributed by atoms with Gasteiger partial charge < -0.3 is 5.32 Å². The van der Waals surface area contributed by atoms with Crippen LogP contribution in [0.5, 0.6) is 0 Å². The molecule has 0 aromatic heterocycles. The molecule has 0 aromatic carbocycles. The van der Waals surface area contributed by atoms with Gasteiger partial charge in [0, 0.05) is 11.4 Å². The van der Waals surface area contributed by atoms with Crippen LogP contribution in [0.3, 0.4) is 0 Å². The van der Waals surface area contributed by atoms with Crippen molar-refractivity contribution in [2.24, 2.45) is 11.8 Å². The summed E-state index contributed by atoms with van der Waals surface area (Å²) in [4.78, 5) is 11.4. The van der Waals surface area contributed by atoms with Crippen LogP contribution in [0.1, 0.15) is 25.7 Å². The lowest BCUT2D eigenvalue weighted by molar-refractivity contribution is -0.274. The summed E-state index contributed by atoms with van der Waals surface area (Å²) in [7, 11) is 0. The van der Waals surface area contributed by atoms with E-state index in [0.29, 0.717) is 12.8 Å². The van der Waals surface area contributed by atoms with E-state index in [-0.39, 0.29) is 17.3 Å². The molecule has 1 N–H and O–H groups in total. The van der Waals surface area contributed by atoms with Crippen LogP contribution in [0.2, 0.25) is 0 Å². The van der Waals surface area contributed by atoms with Gasteiger partial charge in [0.05, 0.1) is 0 Å². The second-order valence-corrected chi connectivity index (χ2v) is 6.19. The minimum absolute atomic E-state index is 0.0980. The monoisotopic (exact) mass is 369 g/mol. The first-order valence-corrected chi connectivity index (χ1v) is 6.98. The average Bonchev–Trinajstić information content (AvgIpc) is 2.22. The standard InChI is InChI=1S/C11H14BrF6NO/c12-7-3-1-2-6(4-7)5-19-9(20)8(10(13,14)15)11(16,17)18/h6-8H,1-5H2,(H,19,20). The number of amides is 1. The van der Waals surface area contributed by atoms with Crippen LogP contribution in [0.25, 0.3) is 0 Å². The summed E-state index contributed by atoms with van der Waals surface area (Å²) in [5.41, 5.74) is 0. The van der Waals surface area contributed by atoms with Gasteiger partial charge in [-0.05, 0) is 25.2 Å². The molecule has 0 saturated heterocycles. The molecular weight excluding hydrogens is 356 g/mol. The minimum atomic E-state index is -5.63. The maximum absolute atomic E-state index is 12.3. The smallest absolute Gasteiger partial charge is 0.355 e. The van der Waals surface area contributed by atoms with Gasteiger partial charge in [0.1, 0.15) is 0 Å². The molecule has 2 unspecified atom stereocenters. The summed E-state index contributed by atoms with van der Waals surface area (Å²) >= 11 is 3.36. The third-order valence-corrected chi connectivity index (χ3v) is 4.03. The highest BCUT2D eigenvalue weighted by atomic mass is 79.9. The fourth-order valence-electron chi connectivity index (χ4n) is 2.24. The summed E-state index contributed by atoms with van der Waals surface area (Å²) in [6, 6.07) is 0. The van der Waals surface area contributed by atoms with Crippen molar-refractivity contribution in [2.75, 3.05) is 6.54 Å². The summed E-state index contributed by atoms with van der Waals surface area (Å²) in [6.45, 7) is -0.163. The van der Waals surface area contributed by atoms with E-state index >= 15 is 0 Å². The van der Waals surface area contributed by atoms with Crippen molar-refractivity contribution in [1.82, 2.24) is 5.32 Å². The molecule has 1 saturated carbocycles. The number of rotatable bonds is 3. The van der Waals surface area contributed by atoms with E-state index in [1.54, 1.807) is 5.32 Å². The molecular formula is C11H14BrF6NO. The van der Waals surface area contributed by atoms with E-state index in [4.69, 9.17) is 0 Å². The van der Waals surface area contributed by atoms with E-state index in [0.717, 1.165) is 12.8 Å². The van der Waals surface area contributed by atoms with Crippen LogP contribution >= 0.6 is 15.9 Å². The highest BCUT2D eigenvalue weighted by Crippen LogP contribution is 2.39. The number of hydrogen-bond donors (Lipinski definition) is 1. The largest absolute Gasteiger partial charge is 0.409 e. The molecule has 0 spiro atoms. The van der Waals surface area contributed by atoms with Crippen LogP contribution in [0.4, 0.5) is 26.3 Å². The lowest BCUT2D eigenvalue weighted by atomic mass is 9.89. The first kappa shape index (κ1) is 17.6. The molecule has 1 rings (SSSR count). The quantitative estimate of drug-likeness (QED) is 0.595. The van der Waals surface area contributed by atoms with Crippen molar-refractivity contribution in [3.05, 3.63) is 0 Å². The first-order valence-electron chi connectivity index (χ1n) is 6.07. The number of hydrogen-bond acceptors (Lipinski definition) is 1. The van der Waals surface area contributed by atoms with Crippen molar-refractivity contribution in [3.8, 4) is 0 Å². The Morgan fingerprint density at radius 1 is 1.15 bits per heavy atom. The maximum Gasteiger partial charge on any atom is 0.409 e. The molecule has 118 valence electrons. The van der Waals surface area contributed by atoms with Gasteiger partial charge in [0.25, 0.3) is 0 Å². The van der Waals surface area contributed by atoms with Gasteiger partial charge in [-0.3, -0.25) is 4.79 Å². The SMILES string of the molecule is O=C(NCC1CCCC(Br)C1)C(C(F)(F)F)C(F)(F)F. The van der Waals surface area contributed by atoms with Crippen LogP contribution in [0, 0.1) is 11.8 Å². The maximum atomic E-state index is 12.3. The Hall–Kier alpha value is -0.470. The van der Waals surface area contributed by atoms with Gasteiger partial charge in [-0.15, -0.1) is 0 Å². The van der Waals surface area contributed by atoms with Crippen molar-refractivity contribution >= 4 is 21.8 Å². The highest BCUT2D eigenvalue weighted by molar-refractivity contribution is 9.09. The number of nitrogens with one attached hydrogen (secondary N) is 1. The zero-order valence-electron chi connectivity index (χ0n) is 10.3. The molecule has 1 amide bonds. The summed E-state index contributed by atoms with van der Waals surface area (Å²) in [5.74, 6) is -6.08. The molecule has 0 aromatic rings. The Morgan fingerprint density at radius 3 is 2.15 bits per heavy atom. The first-order chi connectivity index (χ1) is 9.01. The van der Waals surface area contributed by atoms with Crippen molar-refractivity contribution in [3.63, 3.8) is 0 Å².